The van der Waals surface area contributed by atoms with E-state index in [1.165, 1.54) is 26.1 Å². The number of rotatable bonds is 6. The van der Waals surface area contributed by atoms with E-state index in [-0.39, 0.29) is 23.2 Å². The lowest BCUT2D eigenvalue weighted by molar-refractivity contribution is -0.143. The number of carbonyl (C=O) groups excluding carboxylic acids is 1. The number of hydrogen-bond acceptors (Lipinski definition) is 9. The smallest absolute Gasteiger partial charge is 0.332 e. The molecular weight excluding hydrogens is 334 g/mol. The van der Waals surface area contributed by atoms with Gasteiger partial charge in [-0.1, -0.05) is 0 Å². The van der Waals surface area contributed by atoms with Crippen molar-refractivity contribution in [1.82, 2.24) is 24.7 Å². The fraction of sp³-hybridized carbons (Fsp3) is 0.400. The number of thiophene rings is 1. The number of nitrogens with zero attached hydrogens (tertiary/aromatic N) is 5. The van der Waals surface area contributed by atoms with E-state index in [4.69, 9.17) is 9.94 Å². The molecule has 2 rings (SSSR count). The van der Waals surface area contributed by atoms with Crippen molar-refractivity contribution in [3.8, 4) is 10.7 Å². The van der Waals surface area contributed by atoms with Crippen LogP contribution in [0.5, 0.6) is 0 Å². The Labute approximate surface area is 129 Å². The fourth-order valence-electron chi connectivity index (χ4n) is 1.50. The van der Waals surface area contributed by atoms with Crippen LogP contribution in [-0.4, -0.2) is 64.4 Å². The summed E-state index contributed by atoms with van der Waals surface area (Å²) in [6.45, 7) is 0.902. The maximum Gasteiger partial charge on any atom is 0.332 e. The summed E-state index contributed by atoms with van der Waals surface area (Å²) in [6, 6.07) is 2.91. The van der Waals surface area contributed by atoms with Gasteiger partial charge >= 0.3 is 5.97 Å². The lowest BCUT2D eigenvalue weighted by Crippen LogP contribution is -2.29. The predicted octanol–water partition coefficient (Wildman–Crippen LogP) is -1.01. The van der Waals surface area contributed by atoms with Gasteiger partial charge in [-0.3, -0.25) is 0 Å². The molecule has 0 radical (unpaired) electrons. The molecule has 0 amide bonds. The molecule has 2 heterocycles. The molecule has 0 saturated heterocycles. The van der Waals surface area contributed by atoms with Crippen LogP contribution in [0, 0.1) is 0 Å². The van der Waals surface area contributed by atoms with Gasteiger partial charge in [-0.25, -0.2) is 13.2 Å². The number of tetrazole rings is 1. The van der Waals surface area contributed by atoms with Gasteiger partial charge < -0.3 is 9.94 Å². The Morgan fingerprint density at radius 2 is 2.23 bits per heavy atom. The second-order valence-electron chi connectivity index (χ2n) is 4.13. The molecular formula is C10H13N5O5S2. The van der Waals surface area contributed by atoms with Crippen LogP contribution < -0.4 is 4.84 Å². The molecule has 0 atom stereocenters. The minimum atomic E-state index is -3.70. The minimum Gasteiger partial charge on any atom is -0.395 e. The molecule has 0 aliphatic carbocycles. The molecule has 0 fully saturated rings. The zero-order valence-corrected chi connectivity index (χ0v) is 13.3. The molecule has 1 N–H and O–H groups in total. The van der Waals surface area contributed by atoms with Gasteiger partial charge in [0.2, 0.25) is 5.82 Å². The molecule has 2 aromatic heterocycles. The molecule has 0 unspecified atom stereocenters. The monoisotopic (exact) mass is 347 g/mol. The lowest BCUT2D eigenvalue weighted by Gasteiger charge is -2.13. The summed E-state index contributed by atoms with van der Waals surface area (Å²) < 4.78 is 25.6. The topological polar surface area (TPSA) is 128 Å². The minimum absolute atomic E-state index is 0.0131. The Bertz CT molecular complexity index is 768. The molecule has 12 heteroatoms. The Morgan fingerprint density at radius 3 is 2.86 bits per heavy atom. The number of likely N-dealkylation sites (N-methyl/N-ethyl adjacent to an activating group) is 1. The van der Waals surface area contributed by atoms with Crippen molar-refractivity contribution in [2.24, 2.45) is 0 Å². The number of carbonyl (C=O) groups is 1. The highest BCUT2D eigenvalue weighted by Gasteiger charge is 2.24. The van der Waals surface area contributed by atoms with E-state index in [1.54, 1.807) is 0 Å². The Balaban J connectivity index is 2.33. The van der Waals surface area contributed by atoms with Gasteiger partial charge in [0.05, 0.1) is 11.5 Å². The third-order valence-corrected chi connectivity index (χ3v) is 5.94. The molecule has 0 aliphatic heterocycles. The summed E-state index contributed by atoms with van der Waals surface area (Å²) in [7, 11) is -2.33. The van der Waals surface area contributed by atoms with Crippen LogP contribution in [0.2, 0.25) is 0 Å². The summed E-state index contributed by atoms with van der Waals surface area (Å²) in [5, 5.41) is 19.4. The first kappa shape index (κ1) is 16.5. The van der Waals surface area contributed by atoms with Crippen LogP contribution in [0.3, 0.4) is 0 Å². The SMILES string of the molecule is CC(=O)On1nnnc1-c1ccc(S(=O)(=O)N(C)CCO)s1. The molecule has 120 valence electrons. The summed E-state index contributed by atoms with van der Waals surface area (Å²) in [4.78, 5) is 17.0. The highest BCUT2D eigenvalue weighted by Crippen LogP contribution is 2.30. The van der Waals surface area contributed by atoms with Crippen LogP contribution in [0.4, 0.5) is 0 Å². The number of hydrogen-bond donors (Lipinski definition) is 1. The van der Waals surface area contributed by atoms with Crippen molar-refractivity contribution in [2.45, 2.75) is 11.1 Å². The molecule has 22 heavy (non-hydrogen) atoms. The van der Waals surface area contributed by atoms with Gasteiger partial charge in [0.1, 0.15) is 4.21 Å². The van der Waals surface area contributed by atoms with Crippen molar-refractivity contribution in [3.63, 3.8) is 0 Å². The highest BCUT2D eigenvalue weighted by molar-refractivity contribution is 7.91. The summed E-state index contributed by atoms with van der Waals surface area (Å²) in [5.74, 6) is -0.493. The summed E-state index contributed by atoms with van der Waals surface area (Å²) in [5.41, 5.74) is 0. The lowest BCUT2D eigenvalue weighted by atomic mass is 10.4. The first-order valence-corrected chi connectivity index (χ1v) is 8.26. The van der Waals surface area contributed by atoms with E-state index in [2.05, 4.69) is 15.5 Å². The average Bonchev–Trinajstić information content (AvgIpc) is 3.06. The maximum atomic E-state index is 12.2. The molecule has 0 bridgehead atoms. The normalized spacial score (nSPS) is 11.8. The quantitative estimate of drug-likeness (QED) is 0.658. The molecule has 0 spiro atoms. The molecule has 0 aliphatic rings. The number of aromatic nitrogens is 4. The van der Waals surface area contributed by atoms with E-state index in [0.717, 1.165) is 20.5 Å². The second-order valence-corrected chi connectivity index (χ2v) is 7.48. The van der Waals surface area contributed by atoms with Crippen molar-refractivity contribution in [2.75, 3.05) is 20.2 Å². The third kappa shape index (κ3) is 3.30. The van der Waals surface area contributed by atoms with Gasteiger partial charge in [-0.2, -0.15) is 4.31 Å². The van der Waals surface area contributed by atoms with Crippen LogP contribution in [0.15, 0.2) is 16.3 Å². The number of sulfonamides is 1. The van der Waals surface area contributed by atoms with Gasteiger partial charge in [0.15, 0.2) is 0 Å². The Kier molecular flexibility index (Phi) is 4.85. The zero-order valence-electron chi connectivity index (χ0n) is 11.7. The Morgan fingerprint density at radius 1 is 1.50 bits per heavy atom. The van der Waals surface area contributed by atoms with E-state index >= 15 is 0 Å². The largest absolute Gasteiger partial charge is 0.395 e. The maximum absolute atomic E-state index is 12.2. The van der Waals surface area contributed by atoms with Crippen LogP contribution >= 0.6 is 11.3 Å². The van der Waals surface area contributed by atoms with Gasteiger partial charge in [-0.15, -0.1) is 16.4 Å². The third-order valence-electron chi connectivity index (χ3n) is 2.54. The van der Waals surface area contributed by atoms with Crippen molar-refractivity contribution >= 4 is 27.3 Å². The average molecular weight is 347 g/mol. The Hall–Kier alpha value is -1.89. The molecule has 2 aromatic rings. The van der Waals surface area contributed by atoms with Crippen LogP contribution in [0.25, 0.3) is 10.7 Å². The summed E-state index contributed by atoms with van der Waals surface area (Å²) >= 11 is 0.927. The van der Waals surface area contributed by atoms with Crippen LogP contribution in [0.1, 0.15) is 6.92 Å². The standard InChI is InChI=1S/C10H13N5O5S2/c1-7(17)20-15-10(11-12-13-15)8-3-4-9(21-8)22(18,19)14(2)5-6-16/h3-4,16H,5-6H2,1-2H3. The van der Waals surface area contributed by atoms with E-state index < -0.39 is 16.0 Å². The van der Waals surface area contributed by atoms with Gasteiger partial charge in [0, 0.05) is 20.5 Å². The first-order chi connectivity index (χ1) is 10.4. The van der Waals surface area contributed by atoms with E-state index in [0.29, 0.717) is 4.88 Å². The van der Waals surface area contributed by atoms with Crippen LogP contribution in [-0.2, 0) is 14.8 Å². The van der Waals surface area contributed by atoms with E-state index in [9.17, 15) is 13.2 Å². The second kappa shape index (κ2) is 6.48. The zero-order chi connectivity index (χ0) is 16.3. The van der Waals surface area contributed by atoms with Crippen molar-refractivity contribution in [3.05, 3.63) is 12.1 Å². The van der Waals surface area contributed by atoms with Crippen molar-refractivity contribution < 1.29 is 23.2 Å². The predicted molar refractivity (Wildman–Crippen MR) is 75.3 cm³/mol. The van der Waals surface area contributed by atoms with Crippen molar-refractivity contribution in [1.29, 1.82) is 0 Å². The summed E-state index contributed by atoms with van der Waals surface area (Å²) in [6.07, 6.45) is 0. The van der Waals surface area contributed by atoms with Gasteiger partial charge in [0.25, 0.3) is 10.0 Å². The number of aliphatic hydroxyl groups excluding tert-OH is 1. The molecule has 0 aromatic carbocycles. The van der Waals surface area contributed by atoms with E-state index in [1.807, 2.05) is 0 Å². The van der Waals surface area contributed by atoms with Gasteiger partial charge in [-0.05, 0) is 27.4 Å². The molecule has 10 nitrogen and oxygen atoms in total. The molecule has 0 saturated carbocycles. The first-order valence-electron chi connectivity index (χ1n) is 6.01. The highest BCUT2D eigenvalue weighted by atomic mass is 32.2. The number of aliphatic hydroxyl groups is 1. The fourth-order valence-corrected chi connectivity index (χ4v) is 4.14.